The Labute approximate surface area is 43.4 Å². The van der Waals surface area contributed by atoms with Gasteiger partial charge in [0, 0.05) is 6.54 Å². The van der Waals surface area contributed by atoms with Crippen LogP contribution in [-0.4, -0.2) is 10.3 Å². The average Bonchev–Trinajstić information content (AvgIpc) is 1.38. The van der Waals surface area contributed by atoms with E-state index in [1.54, 1.807) is 0 Å². The van der Waals surface area contributed by atoms with Gasteiger partial charge in [-0.25, -0.2) is 3.71 Å². The summed E-state index contributed by atoms with van der Waals surface area (Å²) < 4.78 is 1.51. The van der Waals surface area contributed by atoms with E-state index in [4.69, 9.17) is 0 Å². The largest absolute Gasteiger partial charge is 0.200 e. The van der Waals surface area contributed by atoms with Crippen LogP contribution in [-0.2, 0) is 0 Å². The summed E-state index contributed by atoms with van der Waals surface area (Å²) in [4.78, 5) is 0. The van der Waals surface area contributed by atoms with Gasteiger partial charge in [-0.1, -0.05) is 32.6 Å². The highest BCUT2D eigenvalue weighted by molar-refractivity contribution is 7.93. The molecule has 0 rings (SSSR count). The summed E-state index contributed by atoms with van der Waals surface area (Å²) >= 11 is 7.59. The first-order chi connectivity index (χ1) is 2.27. The van der Waals surface area contributed by atoms with Gasteiger partial charge in [0.25, 0.3) is 0 Å². The predicted molar refractivity (Wildman–Crippen MR) is 30.4 cm³/mol. The Hall–Kier alpha value is 0.660. The van der Waals surface area contributed by atoms with Crippen molar-refractivity contribution in [3.63, 3.8) is 0 Å². The molecule has 0 unspecified atom stereocenters. The molecule has 5 heavy (non-hydrogen) atoms. The molecule has 0 aromatic carbocycles. The van der Waals surface area contributed by atoms with Crippen LogP contribution < -0.4 is 0 Å². The SMILES string of the molecule is CCN(S)S. The molecule has 0 N–H and O–H groups in total. The van der Waals surface area contributed by atoms with Crippen molar-refractivity contribution in [1.82, 2.24) is 3.71 Å². The number of nitrogens with zero attached hydrogens (tertiary/aromatic N) is 1. The van der Waals surface area contributed by atoms with E-state index >= 15 is 0 Å². The van der Waals surface area contributed by atoms with E-state index < -0.39 is 0 Å². The van der Waals surface area contributed by atoms with Gasteiger partial charge in [0.1, 0.15) is 0 Å². The molecule has 0 fully saturated rings. The molecule has 0 radical (unpaired) electrons. The maximum Gasteiger partial charge on any atom is 0.0169 e. The summed E-state index contributed by atoms with van der Waals surface area (Å²) in [5.74, 6) is 0. The molecule has 0 aliphatic carbocycles. The van der Waals surface area contributed by atoms with Gasteiger partial charge in [0.15, 0.2) is 0 Å². The summed E-state index contributed by atoms with van der Waals surface area (Å²) in [5, 5.41) is 0. The molecule has 0 spiro atoms. The molecule has 0 aromatic heterocycles. The summed E-state index contributed by atoms with van der Waals surface area (Å²) in [6.45, 7) is 2.84. The molecule has 0 atom stereocenters. The maximum atomic E-state index is 3.80. The molecule has 3 heteroatoms. The van der Waals surface area contributed by atoms with Crippen molar-refractivity contribution in [2.75, 3.05) is 6.54 Å². The van der Waals surface area contributed by atoms with Gasteiger partial charge >= 0.3 is 0 Å². The van der Waals surface area contributed by atoms with E-state index in [-0.39, 0.29) is 0 Å². The van der Waals surface area contributed by atoms with Crippen LogP contribution in [0.15, 0.2) is 0 Å². The minimum atomic E-state index is 0.867. The zero-order valence-electron chi connectivity index (χ0n) is 3.05. The van der Waals surface area contributed by atoms with Gasteiger partial charge in [-0.2, -0.15) is 0 Å². The summed E-state index contributed by atoms with van der Waals surface area (Å²) in [5.41, 5.74) is 0. The Morgan fingerprint density at radius 3 is 1.80 bits per heavy atom. The molecule has 0 amide bonds. The molecule has 0 aliphatic rings. The monoisotopic (exact) mass is 109 g/mol. The quantitative estimate of drug-likeness (QED) is 0.475. The van der Waals surface area contributed by atoms with Crippen molar-refractivity contribution in [3.8, 4) is 0 Å². The smallest absolute Gasteiger partial charge is 0.0169 e. The van der Waals surface area contributed by atoms with Crippen LogP contribution in [0.4, 0.5) is 0 Å². The third-order valence-electron chi connectivity index (χ3n) is 0.283. The van der Waals surface area contributed by atoms with Gasteiger partial charge in [-0.05, 0) is 0 Å². The number of hydrogen-bond acceptors (Lipinski definition) is 3. The second kappa shape index (κ2) is 2.87. The Morgan fingerprint density at radius 1 is 1.60 bits per heavy atom. The lowest BCUT2D eigenvalue weighted by atomic mass is 10.8. The molecular weight excluding hydrogens is 102 g/mol. The molecule has 0 saturated carbocycles. The standard InChI is InChI=1S/C2H7NS2/c1-2-3(4)5/h4-5H,2H2,1H3. The van der Waals surface area contributed by atoms with Crippen LogP contribution in [0.5, 0.6) is 0 Å². The summed E-state index contributed by atoms with van der Waals surface area (Å²) in [7, 11) is 0. The van der Waals surface area contributed by atoms with Crippen molar-refractivity contribution in [1.29, 1.82) is 0 Å². The zero-order valence-corrected chi connectivity index (χ0v) is 4.84. The van der Waals surface area contributed by atoms with Crippen molar-refractivity contribution in [2.45, 2.75) is 6.92 Å². The second-order valence-corrected chi connectivity index (χ2v) is 1.97. The second-order valence-electron chi connectivity index (χ2n) is 0.689. The Balaban J connectivity index is 2.54. The molecule has 0 aromatic rings. The number of hydrogen-bond donors (Lipinski definition) is 2. The van der Waals surface area contributed by atoms with Gasteiger partial charge in [0.2, 0.25) is 0 Å². The lowest BCUT2D eigenvalue weighted by Gasteiger charge is -1.96. The van der Waals surface area contributed by atoms with Gasteiger partial charge in [-0.15, -0.1) is 0 Å². The highest BCUT2D eigenvalue weighted by atomic mass is 32.2. The number of rotatable bonds is 1. The summed E-state index contributed by atoms with van der Waals surface area (Å²) in [6, 6.07) is 0. The number of thiol groups is 2. The highest BCUT2D eigenvalue weighted by Gasteiger charge is 1.75. The lowest BCUT2D eigenvalue weighted by molar-refractivity contribution is 0.808. The first kappa shape index (κ1) is 5.66. The lowest BCUT2D eigenvalue weighted by Crippen LogP contribution is -1.91. The van der Waals surface area contributed by atoms with Crippen LogP contribution >= 0.6 is 25.6 Å². The molecule has 32 valence electrons. The third kappa shape index (κ3) is 4.66. The average molecular weight is 109 g/mol. The molecule has 0 aliphatic heterocycles. The van der Waals surface area contributed by atoms with Crippen LogP contribution in [0.2, 0.25) is 0 Å². The third-order valence-corrected chi connectivity index (χ3v) is 0.849. The highest BCUT2D eigenvalue weighted by Crippen LogP contribution is 1.91. The molecule has 0 saturated heterocycles. The van der Waals surface area contributed by atoms with E-state index in [2.05, 4.69) is 25.6 Å². The Kier molecular flexibility index (Phi) is 3.25. The van der Waals surface area contributed by atoms with E-state index in [1.807, 2.05) is 6.92 Å². The first-order valence-corrected chi connectivity index (χ1v) is 2.22. The van der Waals surface area contributed by atoms with Crippen LogP contribution in [0, 0.1) is 0 Å². The van der Waals surface area contributed by atoms with E-state index in [1.165, 1.54) is 3.71 Å². The maximum absolute atomic E-state index is 3.80. The van der Waals surface area contributed by atoms with Gasteiger partial charge in [-0.3, -0.25) is 0 Å². The fourth-order valence-electron chi connectivity index (χ4n) is 0. The zero-order chi connectivity index (χ0) is 4.28. The molecule has 1 nitrogen and oxygen atoms in total. The normalized spacial score (nSPS) is 9.60. The van der Waals surface area contributed by atoms with Crippen molar-refractivity contribution in [3.05, 3.63) is 0 Å². The Morgan fingerprint density at radius 2 is 1.80 bits per heavy atom. The minimum Gasteiger partial charge on any atom is -0.200 e. The van der Waals surface area contributed by atoms with Crippen molar-refractivity contribution < 1.29 is 0 Å². The van der Waals surface area contributed by atoms with E-state index in [0.29, 0.717) is 0 Å². The van der Waals surface area contributed by atoms with Crippen LogP contribution in [0.25, 0.3) is 0 Å². The van der Waals surface area contributed by atoms with Crippen LogP contribution in [0.1, 0.15) is 6.92 Å². The van der Waals surface area contributed by atoms with Crippen molar-refractivity contribution in [2.24, 2.45) is 0 Å². The first-order valence-electron chi connectivity index (χ1n) is 1.42. The summed E-state index contributed by atoms with van der Waals surface area (Å²) in [6.07, 6.45) is 0. The topological polar surface area (TPSA) is 3.24 Å². The molecule has 0 heterocycles. The van der Waals surface area contributed by atoms with Crippen molar-refractivity contribution >= 4 is 25.6 Å². The van der Waals surface area contributed by atoms with E-state index in [9.17, 15) is 0 Å². The van der Waals surface area contributed by atoms with Crippen LogP contribution in [0.3, 0.4) is 0 Å². The minimum absolute atomic E-state index is 0.867. The van der Waals surface area contributed by atoms with Gasteiger partial charge in [0.05, 0.1) is 0 Å². The molecule has 0 bridgehead atoms. The van der Waals surface area contributed by atoms with E-state index in [0.717, 1.165) is 6.54 Å². The van der Waals surface area contributed by atoms with Gasteiger partial charge < -0.3 is 0 Å². The predicted octanol–water partition coefficient (Wildman–Crippen LogP) is 0.998. The molecular formula is C2H7NS2. The fourth-order valence-corrected chi connectivity index (χ4v) is 0. The Bertz CT molecular complexity index is 21.6. The fraction of sp³-hybridized carbons (Fsp3) is 1.00.